The molecule has 7 nitrogen and oxygen atoms in total. The smallest absolute Gasteiger partial charge is 0.324 e. The number of nitrogens with zero attached hydrogens (tertiary/aromatic N) is 1. The number of likely N-dealkylation sites (tertiary alicyclic amines) is 1. The number of carboxylic acids is 1. The van der Waals surface area contributed by atoms with Gasteiger partial charge in [-0.05, 0) is 33.8 Å². The highest BCUT2D eigenvalue weighted by molar-refractivity contribution is 6.10. The van der Waals surface area contributed by atoms with Crippen LogP contribution in [0.4, 0.5) is 0 Å². The molecule has 2 aliphatic rings. The number of hydrogen-bond donors (Lipinski definition) is 3. The van der Waals surface area contributed by atoms with E-state index in [1.165, 1.54) is 13.0 Å². The van der Waals surface area contributed by atoms with Gasteiger partial charge >= 0.3 is 5.97 Å². The summed E-state index contributed by atoms with van der Waals surface area (Å²) in [6.45, 7) is 6.64. The number of hydrogen-bond acceptors (Lipinski definition) is 5. The van der Waals surface area contributed by atoms with Gasteiger partial charge in [0.25, 0.3) is 0 Å². The highest BCUT2D eigenvalue weighted by Crippen LogP contribution is 2.51. The summed E-state index contributed by atoms with van der Waals surface area (Å²) in [6.07, 6.45) is 0. The molecule has 0 bridgehead atoms. The van der Waals surface area contributed by atoms with Gasteiger partial charge in [-0.1, -0.05) is 18.2 Å². The molecular weight excluding hydrogens is 324 g/mol. The van der Waals surface area contributed by atoms with Gasteiger partial charge in [-0.3, -0.25) is 24.6 Å². The van der Waals surface area contributed by atoms with Crippen LogP contribution in [0.5, 0.6) is 5.75 Å². The van der Waals surface area contributed by atoms with Crippen molar-refractivity contribution in [2.75, 3.05) is 0 Å². The quantitative estimate of drug-likeness (QED) is 0.697. The van der Waals surface area contributed by atoms with Crippen LogP contribution in [-0.4, -0.2) is 44.0 Å². The molecular formula is C18H22N2O5. The zero-order valence-corrected chi connectivity index (χ0v) is 14.6. The van der Waals surface area contributed by atoms with Crippen LogP contribution in [-0.2, 0) is 14.4 Å². The summed E-state index contributed by atoms with van der Waals surface area (Å²) in [5, 5.41) is 22.9. The summed E-state index contributed by atoms with van der Waals surface area (Å²) < 4.78 is 0. The first-order valence-corrected chi connectivity index (χ1v) is 8.17. The van der Waals surface area contributed by atoms with E-state index in [0.29, 0.717) is 5.56 Å². The molecule has 3 rings (SSSR count). The molecule has 25 heavy (non-hydrogen) atoms. The van der Waals surface area contributed by atoms with Crippen molar-refractivity contribution in [2.45, 2.75) is 44.8 Å². The number of rotatable bonds is 2. The molecule has 3 N–H and O–H groups in total. The predicted octanol–water partition coefficient (Wildman–Crippen LogP) is 1.28. The molecule has 2 saturated heterocycles. The Hall–Kier alpha value is -2.41. The molecule has 0 spiro atoms. The van der Waals surface area contributed by atoms with Crippen LogP contribution in [0.15, 0.2) is 24.3 Å². The van der Waals surface area contributed by atoms with Crippen molar-refractivity contribution >= 4 is 17.8 Å². The van der Waals surface area contributed by atoms with Crippen molar-refractivity contribution in [1.82, 2.24) is 10.2 Å². The second-order valence-electron chi connectivity index (χ2n) is 7.87. The van der Waals surface area contributed by atoms with E-state index in [1.54, 1.807) is 39.0 Å². The fourth-order valence-electron chi connectivity index (χ4n) is 4.01. The van der Waals surface area contributed by atoms with Crippen molar-refractivity contribution in [3.63, 3.8) is 0 Å². The van der Waals surface area contributed by atoms with Crippen molar-refractivity contribution < 1.29 is 24.6 Å². The maximum Gasteiger partial charge on any atom is 0.324 e. The first-order valence-electron chi connectivity index (χ1n) is 8.17. The van der Waals surface area contributed by atoms with Crippen molar-refractivity contribution in [1.29, 1.82) is 0 Å². The topological polar surface area (TPSA) is 107 Å². The molecule has 2 heterocycles. The van der Waals surface area contributed by atoms with Gasteiger partial charge in [-0.2, -0.15) is 0 Å². The number of nitrogens with one attached hydrogen (secondary N) is 1. The second-order valence-corrected chi connectivity index (χ2v) is 7.87. The van der Waals surface area contributed by atoms with Crippen LogP contribution in [0.3, 0.4) is 0 Å². The average molecular weight is 346 g/mol. The number of carbonyl (C=O) groups is 3. The van der Waals surface area contributed by atoms with Gasteiger partial charge in [0.1, 0.15) is 11.3 Å². The number of aliphatic carboxylic acids is 1. The number of fused-ring (bicyclic) bond motifs is 1. The Bertz CT molecular complexity index is 769. The number of carbonyl (C=O) groups excluding carboxylic acids is 2. The van der Waals surface area contributed by atoms with E-state index in [2.05, 4.69) is 5.32 Å². The Morgan fingerprint density at radius 3 is 2.32 bits per heavy atom. The highest BCUT2D eigenvalue weighted by Gasteiger charge is 2.68. The Morgan fingerprint density at radius 1 is 1.20 bits per heavy atom. The number of amides is 2. The molecule has 0 aromatic heterocycles. The third-order valence-electron chi connectivity index (χ3n) is 5.17. The third-order valence-corrected chi connectivity index (χ3v) is 5.17. The van der Waals surface area contributed by atoms with Gasteiger partial charge < -0.3 is 10.2 Å². The van der Waals surface area contributed by atoms with Crippen molar-refractivity contribution in [3.8, 4) is 5.75 Å². The standard InChI is InChI=1S/C18H22N2O5/c1-17(2,3)20-14(22)11-12(15(20)23)18(4,16(24)25)19-13(11)9-7-5-6-8-10(9)21/h5-8,11-13,19,21H,1-4H3,(H,24,25). The van der Waals surface area contributed by atoms with E-state index in [4.69, 9.17) is 0 Å². The number of carboxylic acid groups (broad SMARTS) is 1. The Balaban J connectivity index is 2.16. The molecule has 0 saturated carbocycles. The Morgan fingerprint density at radius 2 is 1.80 bits per heavy atom. The van der Waals surface area contributed by atoms with Crippen LogP contribution in [0.2, 0.25) is 0 Å². The van der Waals surface area contributed by atoms with Gasteiger partial charge in [-0.15, -0.1) is 0 Å². The summed E-state index contributed by atoms with van der Waals surface area (Å²) in [4.78, 5) is 39.1. The summed E-state index contributed by atoms with van der Waals surface area (Å²) in [6, 6.07) is 5.70. The third kappa shape index (κ3) is 2.33. The second kappa shape index (κ2) is 5.29. The lowest BCUT2D eigenvalue weighted by Gasteiger charge is -2.34. The maximum atomic E-state index is 13.0. The summed E-state index contributed by atoms with van der Waals surface area (Å²) in [5.74, 6) is -4.03. The van der Waals surface area contributed by atoms with E-state index in [0.717, 1.165) is 4.90 Å². The van der Waals surface area contributed by atoms with Crippen molar-refractivity contribution in [3.05, 3.63) is 29.8 Å². The van der Waals surface area contributed by atoms with Gasteiger partial charge in [-0.25, -0.2) is 0 Å². The van der Waals surface area contributed by atoms with Crippen LogP contribution in [0.25, 0.3) is 0 Å². The number of phenols is 1. The molecule has 134 valence electrons. The van der Waals surface area contributed by atoms with E-state index >= 15 is 0 Å². The predicted molar refractivity (Wildman–Crippen MR) is 88.6 cm³/mol. The number of aromatic hydroxyl groups is 1. The molecule has 4 unspecified atom stereocenters. The van der Waals surface area contributed by atoms with Crippen LogP contribution in [0.1, 0.15) is 39.3 Å². The molecule has 7 heteroatoms. The fourth-order valence-corrected chi connectivity index (χ4v) is 4.01. The number of phenolic OH excluding ortho intramolecular Hbond substituents is 1. The Kier molecular flexibility index (Phi) is 3.69. The lowest BCUT2D eigenvalue weighted by Crippen LogP contribution is -2.55. The zero-order chi connectivity index (χ0) is 18.7. The van der Waals surface area contributed by atoms with Gasteiger partial charge in [0.15, 0.2) is 0 Å². The van der Waals surface area contributed by atoms with Crippen LogP contribution >= 0.6 is 0 Å². The summed E-state index contributed by atoms with van der Waals surface area (Å²) in [7, 11) is 0. The minimum Gasteiger partial charge on any atom is -0.508 e. The fraction of sp³-hybridized carbons (Fsp3) is 0.500. The van der Waals surface area contributed by atoms with Crippen LogP contribution in [0, 0.1) is 11.8 Å². The lowest BCUT2D eigenvalue weighted by molar-refractivity contribution is -0.152. The lowest BCUT2D eigenvalue weighted by atomic mass is 9.80. The van der Waals surface area contributed by atoms with Gasteiger partial charge in [0.2, 0.25) is 11.8 Å². The van der Waals surface area contributed by atoms with E-state index in [9.17, 15) is 24.6 Å². The van der Waals surface area contributed by atoms with Crippen molar-refractivity contribution in [2.24, 2.45) is 11.8 Å². The van der Waals surface area contributed by atoms with E-state index < -0.39 is 46.7 Å². The monoisotopic (exact) mass is 346 g/mol. The largest absolute Gasteiger partial charge is 0.508 e. The minimum absolute atomic E-state index is 0.0390. The molecule has 4 atom stereocenters. The summed E-state index contributed by atoms with van der Waals surface area (Å²) >= 11 is 0. The maximum absolute atomic E-state index is 13.0. The first kappa shape index (κ1) is 17.4. The molecule has 2 fully saturated rings. The van der Waals surface area contributed by atoms with E-state index in [-0.39, 0.29) is 5.75 Å². The normalized spacial score (nSPS) is 32.2. The highest BCUT2D eigenvalue weighted by atomic mass is 16.4. The molecule has 2 amide bonds. The molecule has 0 radical (unpaired) electrons. The van der Waals surface area contributed by atoms with Crippen LogP contribution < -0.4 is 5.32 Å². The molecule has 0 aliphatic carbocycles. The first-order chi connectivity index (χ1) is 11.5. The van der Waals surface area contributed by atoms with Gasteiger partial charge in [0.05, 0.1) is 11.8 Å². The SMILES string of the molecule is CC1(C(=O)O)NC(c2ccccc2O)C2C(=O)N(C(C)(C)C)C(=O)C21. The average Bonchev–Trinajstić information content (AvgIpc) is 2.94. The number of para-hydroxylation sites is 1. The number of imide groups is 1. The minimum atomic E-state index is -1.59. The number of benzene rings is 1. The molecule has 2 aliphatic heterocycles. The molecule has 1 aromatic carbocycles. The summed E-state index contributed by atoms with van der Waals surface area (Å²) in [5.41, 5.74) is -1.93. The van der Waals surface area contributed by atoms with Gasteiger partial charge in [0, 0.05) is 17.1 Å². The Labute approximate surface area is 145 Å². The molecule has 1 aromatic rings. The zero-order valence-electron chi connectivity index (χ0n) is 14.6. The van der Waals surface area contributed by atoms with E-state index in [1.807, 2.05) is 0 Å².